The van der Waals surface area contributed by atoms with E-state index in [0.29, 0.717) is 11.1 Å². The third-order valence-corrected chi connectivity index (χ3v) is 3.48. The number of carboxylic acids is 2. The first-order chi connectivity index (χ1) is 10.0. The summed E-state index contributed by atoms with van der Waals surface area (Å²) in [6.07, 6.45) is -0.346. The summed E-state index contributed by atoms with van der Waals surface area (Å²) >= 11 is 0. The Labute approximate surface area is 169 Å². The molecule has 0 N–H and O–H groups in total. The Morgan fingerprint density at radius 2 is 1.04 bits per heavy atom. The van der Waals surface area contributed by atoms with Gasteiger partial charge in [-0.2, -0.15) is 0 Å². The van der Waals surface area contributed by atoms with Crippen molar-refractivity contribution in [1.29, 1.82) is 0 Å². The first-order valence-electron chi connectivity index (χ1n) is 6.55. The van der Waals surface area contributed by atoms with Crippen molar-refractivity contribution in [3.63, 3.8) is 0 Å². The third-order valence-electron chi connectivity index (χ3n) is 3.48. The van der Waals surface area contributed by atoms with Gasteiger partial charge in [0.15, 0.2) is 0 Å². The maximum absolute atomic E-state index is 11.5. The number of carboxylic acid groups (broad SMARTS) is 2. The van der Waals surface area contributed by atoms with Gasteiger partial charge in [0.05, 0.1) is 17.4 Å². The van der Waals surface area contributed by atoms with E-state index in [1.54, 1.807) is 60.7 Å². The van der Waals surface area contributed by atoms with Crippen LogP contribution in [-0.2, 0) is 22.4 Å². The molecule has 6 heteroatoms. The first kappa shape index (κ1) is 22.0. The summed E-state index contributed by atoms with van der Waals surface area (Å²) in [5.41, 5.74) is -0.855. The average molecular weight is 312 g/mol. The van der Waals surface area contributed by atoms with Crippen molar-refractivity contribution < 1.29 is 68.2 Å². The molecule has 0 unspecified atom stereocenters. The summed E-state index contributed by atoms with van der Waals surface area (Å²) in [5.74, 6) is -3.26. The molecule has 0 heterocycles. The zero-order chi connectivity index (χ0) is 15.3. The topological polar surface area (TPSA) is 80.3 Å². The van der Waals surface area contributed by atoms with E-state index in [4.69, 9.17) is 0 Å². The van der Waals surface area contributed by atoms with Crippen LogP contribution in [0, 0.1) is 5.41 Å². The molecule has 2 rings (SSSR count). The largest absolute Gasteiger partial charge is 1.00 e. The van der Waals surface area contributed by atoms with E-state index in [2.05, 4.69) is 0 Å². The van der Waals surface area contributed by atoms with Crippen LogP contribution in [0.15, 0.2) is 60.7 Å². The van der Waals surface area contributed by atoms with Gasteiger partial charge in [-0.05, 0) is 24.0 Å². The standard InChI is InChI=1S/C17H16O4.Li.Na/c18-15(19)17(16(20)21,11-13-7-3-1-4-8-13)12-14-9-5-2-6-10-14;;/h1-10H,11-12H2,(H,18,19)(H,20,21);;/q;2*+1/p-2. The van der Waals surface area contributed by atoms with Crippen LogP contribution in [0.3, 0.4) is 0 Å². The van der Waals surface area contributed by atoms with E-state index in [-0.39, 0.29) is 61.3 Å². The number of carbonyl (C=O) groups excluding carboxylic acids is 2. The normalized spacial score (nSPS) is 10.1. The quantitative estimate of drug-likeness (QED) is 0.393. The fourth-order valence-corrected chi connectivity index (χ4v) is 2.32. The molecule has 0 saturated carbocycles. The van der Waals surface area contributed by atoms with Gasteiger partial charge in [0, 0.05) is 0 Å². The van der Waals surface area contributed by atoms with Gasteiger partial charge < -0.3 is 19.8 Å². The molecule has 23 heavy (non-hydrogen) atoms. The van der Waals surface area contributed by atoms with Crippen LogP contribution < -0.4 is 58.6 Å². The van der Waals surface area contributed by atoms with E-state index in [1.165, 1.54) is 0 Å². The van der Waals surface area contributed by atoms with Crippen molar-refractivity contribution in [1.82, 2.24) is 0 Å². The second-order valence-corrected chi connectivity index (χ2v) is 4.98. The van der Waals surface area contributed by atoms with Crippen LogP contribution in [0.25, 0.3) is 0 Å². The molecule has 0 fully saturated rings. The zero-order valence-corrected chi connectivity index (χ0v) is 15.3. The van der Waals surface area contributed by atoms with Crippen molar-refractivity contribution >= 4 is 11.9 Å². The molecule has 0 aliphatic heterocycles. The molecule has 0 spiro atoms. The second-order valence-electron chi connectivity index (χ2n) is 4.98. The Balaban J connectivity index is 0.00000242. The number of carbonyl (C=O) groups is 2. The minimum atomic E-state index is -2.08. The Morgan fingerprint density at radius 1 is 0.739 bits per heavy atom. The van der Waals surface area contributed by atoms with Crippen LogP contribution in [0.4, 0.5) is 0 Å². The number of aliphatic carboxylic acids is 2. The fourth-order valence-electron chi connectivity index (χ4n) is 2.32. The second kappa shape index (κ2) is 9.97. The summed E-state index contributed by atoms with van der Waals surface area (Å²) in [7, 11) is 0. The maximum Gasteiger partial charge on any atom is 1.00 e. The van der Waals surface area contributed by atoms with Gasteiger partial charge in [0.25, 0.3) is 0 Å². The van der Waals surface area contributed by atoms with Gasteiger partial charge in [-0.25, -0.2) is 0 Å². The Bertz CT molecular complexity index is 574. The van der Waals surface area contributed by atoms with Crippen molar-refractivity contribution in [3.05, 3.63) is 71.8 Å². The molecule has 0 aliphatic carbocycles. The van der Waals surface area contributed by atoms with Crippen LogP contribution in [0.5, 0.6) is 0 Å². The minimum absolute atomic E-state index is 0. The number of hydrogen-bond donors (Lipinski definition) is 0. The molecule has 2 aromatic rings. The number of hydrogen-bond acceptors (Lipinski definition) is 4. The van der Waals surface area contributed by atoms with Crippen LogP contribution in [0.2, 0.25) is 0 Å². The van der Waals surface area contributed by atoms with Crippen molar-refractivity contribution in [2.45, 2.75) is 12.8 Å². The van der Waals surface area contributed by atoms with Crippen molar-refractivity contribution in [3.8, 4) is 0 Å². The van der Waals surface area contributed by atoms with E-state index in [9.17, 15) is 19.8 Å². The Kier molecular flexibility index (Phi) is 9.53. The molecular formula is C17H14LiNaO4. The molecule has 0 atom stereocenters. The molecule has 4 nitrogen and oxygen atoms in total. The smallest absolute Gasteiger partial charge is 0.549 e. The van der Waals surface area contributed by atoms with E-state index < -0.39 is 17.4 Å². The monoisotopic (exact) mass is 312 g/mol. The fraction of sp³-hybridized carbons (Fsp3) is 0.176. The molecule has 0 bridgehead atoms. The molecule has 2 aromatic carbocycles. The van der Waals surface area contributed by atoms with Gasteiger partial charge in [-0.1, -0.05) is 60.7 Å². The molecule has 0 aromatic heterocycles. The van der Waals surface area contributed by atoms with Gasteiger partial charge in [0.1, 0.15) is 0 Å². The van der Waals surface area contributed by atoms with Gasteiger partial charge >= 0.3 is 48.4 Å². The average Bonchev–Trinajstić information content (AvgIpc) is 2.48. The number of rotatable bonds is 6. The summed E-state index contributed by atoms with van der Waals surface area (Å²) in [6, 6.07) is 17.2. The van der Waals surface area contributed by atoms with Crippen LogP contribution in [-0.4, -0.2) is 11.9 Å². The maximum atomic E-state index is 11.5. The molecular weight excluding hydrogens is 298 g/mol. The van der Waals surface area contributed by atoms with Gasteiger partial charge in [0.2, 0.25) is 0 Å². The molecule has 0 aliphatic rings. The van der Waals surface area contributed by atoms with Gasteiger partial charge in [-0.15, -0.1) is 0 Å². The minimum Gasteiger partial charge on any atom is -0.549 e. The molecule has 0 amide bonds. The summed E-state index contributed by atoms with van der Waals surface area (Å²) in [4.78, 5) is 23.1. The summed E-state index contributed by atoms with van der Waals surface area (Å²) in [5, 5.41) is 23.1. The van der Waals surface area contributed by atoms with E-state index >= 15 is 0 Å². The number of benzene rings is 2. The predicted molar refractivity (Wildman–Crippen MR) is 72.7 cm³/mol. The summed E-state index contributed by atoms with van der Waals surface area (Å²) in [6.45, 7) is 0. The van der Waals surface area contributed by atoms with Crippen molar-refractivity contribution in [2.75, 3.05) is 0 Å². The Morgan fingerprint density at radius 3 is 1.30 bits per heavy atom. The van der Waals surface area contributed by atoms with Crippen LogP contribution in [0.1, 0.15) is 11.1 Å². The molecule has 0 saturated heterocycles. The van der Waals surface area contributed by atoms with E-state index in [1.807, 2.05) is 0 Å². The SMILES string of the molecule is O=C([O-])C(Cc1ccccc1)(Cc1ccccc1)C(=O)[O-].[Li+].[Na+]. The Hall–Kier alpha value is -1.02. The molecule has 108 valence electrons. The van der Waals surface area contributed by atoms with Crippen LogP contribution >= 0.6 is 0 Å². The van der Waals surface area contributed by atoms with Gasteiger partial charge in [-0.3, -0.25) is 0 Å². The third kappa shape index (κ3) is 5.53. The van der Waals surface area contributed by atoms with E-state index in [0.717, 1.165) is 0 Å². The van der Waals surface area contributed by atoms with Crippen molar-refractivity contribution in [2.24, 2.45) is 5.41 Å². The molecule has 0 radical (unpaired) electrons. The predicted octanol–water partition coefficient (Wildman–Crippen LogP) is -6.03. The first-order valence-corrected chi connectivity index (χ1v) is 6.55. The summed E-state index contributed by atoms with van der Waals surface area (Å²) < 4.78 is 0. The zero-order valence-electron chi connectivity index (χ0n) is 13.3.